The molecule has 1 fully saturated rings. The number of halogens is 1. The van der Waals surface area contributed by atoms with E-state index in [0.717, 1.165) is 19.4 Å². The molecule has 1 aromatic heterocycles. The molecule has 7 heteroatoms. The zero-order chi connectivity index (χ0) is 12.1. The summed E-state index contributed by atoms with van der Waals surface area (Å²) in [6, 6.07) is 3.53. The first kappa shape index (κ1) is 15.4. The number of piperidine rings is 1. The van der Waals surface area contributed by atoms with Crippen molar-refractivity contribution >= 4 is 22.4 Å². The van der Waals surface area contributed by atoms with Crippen LogP contribution in [-0.4, -0.2) is 32.5 Å². The molecule has 1 aromatic rings. The van der Waals surface area contributed by atoms with Crippen LogP contribution in [0.25, 0.3) is 0 Å². The van der Waals surface area contributed by atoms with Crippen molar-refractivity contribution in [3.63, 3.8) is 0 Å². The molecule has 0 radical (unpaired) electrons. The lowest BCUT2D eigenvalue weighted by molar-refractivity contribution is 0.428. The Morgan fingerprint density at radius 2 is 2.33 bits per heavy atom. The Kier molecular flexibility index (Phi) is 6.01. The van der Waals surface area contributed by atoms with Gasteiger partial charge in [0, 0.05) is 25.0 Å². The number of aromatic nitrogens is 1. The first-order valence-corrected chi connectivity index (χ1v) is 7.40. The normalized spacial score (nSPS) is 20.1. The van der Waals surface area contributed by atoms with Crippen LogP contribution in [0.1, 0.15) is 18.4 Å². The average Bonchev–Trinajstić information content (AvgIpc) is 2.30. The van der Waals surface area contributed by atoms with Crippen LogP contribution < -0.4 is 10.0 Å². The molecule has 18 heavy (non-hydrogen) atoms. The van der Waals surface area contributed by atoms with Gasteiger partial charge in [-0.1, -0.05) is 6.07 Å². The molecule has 0 amide bonds. The van der Waals surface area contributed by atoms with Crippen LogP contribution in [0.5, 0.6) is 0 Å². The van der Waals surface area contributed by atoms with Gasteiger partial charge in [-0.05, 0) is 31.0 Å². The molecule has 0 aromatic carbocycles. The number of nitrogens with one attached hydrogen (secondary N) is 2. The monoisotopic (exact) mass is 291 g/mol. The Balaban J connectivity index is 0.00000162. The molecular formula is C11H18ClN3O2S. The minimum Gasteiger partial charge on any atom is -0.315 e. The topological polar surface area (TPSA) is 71.1 Å². The van der Waals surface area contributed by atoms with Crippen molar-refractivity contribution in [2.45, 2.75) is 24.6 Å². The van der Waals surface area contributed by atoms with E-state index in [0.29, 0.717) is 12.1 Å². The van der Waals surface area contributed by atoms with E-state index >= 15 is 0 Å². The number of rotatable bonds is 4. The first-order valence-electron chi connectivity index (χ1n) is 5.75. The lowest BCUT2D eigenvalue weighted by Crippen LogP contribution is -2.45. The number of sulfonamides is 1. The fourth-order valence-electron chi connectivity index (χ4n) is 1.95. The SMILES string of the molecule is Cl.O=S(=O)(Cc1cccnc1)NC1CCCNC1. The van der Waals surface area contributed by atoms with Crippen molar-refractivity contribution in [3.05, 3.63) is 30.1 Å². The minimum absolute atomic E-state index is 0. The molecule has 1 aliphatic heterocycles. The third-order valence-electron chi connectivity index (χ3n) is 2.72. The van der Waals surface area contributed by atoms with E-state index in [9.17, 15) is 8.42 Å². The summed E-state index contributed by atoms with van der Waals surface area (Å²) in [5.41, 5.74) is 0.712. The van der Waals surface area contributed by atoms with Gasteiger partial charge in [0.05, 0.1) is 5.75 Å². The maximum Gasteiger partial charge on any atom is 0.216 e. The van der Waals surface area contributed by atoms with Crippen molar-refractivity contribution in [1.82, 2.24) is 15.0 Å². The Labute approximate surface area is 114 Å². The standard InChI is InChI=1S/C11H17N3O2S.ClH/c15-17(16,9-10-3-1-5-12-7-10)14-11-4-2-6-13-8-11;/h1,3,5,7,11,13-14H,2,4,6,8-9H2;1H. The molecule has 102 valence electrons. The van der Waals surface area contributed by atoms with Crippen LogP contribution in [0, 0.1) is 0 Å². The lowest BCUT2D eigenvalue weighted by atomic mass is 10.1. The van der Waals surface area contributed by atoms with Crippen LogP contribution in [0.4, 0.5) is 0 Å². The van der Waals surface area contributed by atoms with Gasteiger partial charge >= 0.3 is 0 Å². The highest BCUT2D eigenvalue weighted by atomic mass is 35.5. The maximum atomic E-state index is 11.9. The molecule has 0 bridgehead atoms. The van der Waals surface area contributed by atoms with E-state index in [1.54, 1.807) is 24.5 Å². The van der Waals surface area contributed by atoms with Crippen molar-refractivity contribution in [3.8, 4) is 0 Å². The smallest absolute Gasteiger partial charge is 0.216 e. The van der Waals surface area contributed by atoms with Crippen LogP contribution in [0.3, 0.4) is 0 Å². The largest absolute Gasteiger partial charge is 0.315 e. The summed E-state index contributed by atoms with van der Waals surface area (Å²) < 4.78 is 26.5. The van der Waals surface area contributed by atoms with Gasteiger partial charge in [0.1, 0.15) is 0 Å². The Morgan fingerprint density at radius 1 is 1.50 bits per heavy atom. The zero-order valence-corrected chi connectivity index (χ0v) is 11.6. The summed E-state index contributed by atoms with van der Waals surface area (Å²) in [6.07, 6.45) is 5.13. The lowest BCUT2D eigenvalue weighted by Gasteiger charge is -2.23. The molecular weight excluding hydrogens is 274 g/mol. The van der Waals surface area contributed by atoms with Crippen molar-refractivity contribution in [2.24, 2.45) is 0 Å². The average molecular weight is 292 g/mol. The van der Waals surface area contributed by atoms with E-state index in [4.69, 9.17) is 0 Å². The number of hydrogen-bond donors (Lipinski definition) is 2. The van der Waals surface area contributed by atoms with Gasteiger partial charge in [-0.3, -0.25) is 4.98 Å². The molecule has 0 spiro atoms. The molecule has 1 aliphatic rings. The highest BCUT2D eigenvalue weighted by molar-refractivity contribution is 7.88. The van der Waals surface area contributed by atoms with Gasteiger partial charge in [0.2, 0.25) is 10.0 Å². The van der Waals surface area contributed by atoms with E-state index in [2.05, 4.69) is 15.0 Å². The van der Waals surface area contributed by atoms with Crippen LogP contribution in [0.15, 0.2) is 24.5 Å². The van der Waals surface area contributed by atoms with Crippen LogP contribution in [0.2, 0.25) is 0 Å². The van der Waals surface area contributed by atoms with Crippen molar-refractivity contribution < 1.29 is 8.42 Å². The van der Waals surface area contributed by atoms with Gasteiger partial charge in [0.15, 0.2) is 0 Å². The molecule has 5 nitrogen and oxygen atoms in total. The second-order valence-corrected chi connectivity index (χ2v) is 6.04. The number of hydrogen-bond acceptors (Lipinski definition) is 4. The summed E-state index contributed by atoms with van der Waals surface area (Å²) in [6.45, 7) is 1.69. The Hall–Kier alpha value is -0.690. The molecule has 0 aliphatic carbocycles. The number of nitrogens with zero attached hydrogens (tertiary/aromatic N) is 1. The van der Waals surface area contributed by atoms with Crippen molar-refractivity contribution in [1.29, 1.82) is 0 Å². The summed E-state index contributed by atoms with van der Waals surface area (Å²) >= 11 is 0. The molecule has 1 unspecified atom stereocenters. The highest BCUT2D eigenvalue weighted by Gasteiger charge is 2.20. The molecule has 1 atom stereocenters. The third kappa shape index (κ3) is 4.89. The molecule has 0 saturated carbocycles. The van der Waals surface area contributed by atoms with Gasteiger partial charge < -0.3 is 5.32 Å². The summed E-state index contributed by atoms with van der Waals surface area (Å²) in [4.78, 5) is 3.91. The fourth-order valence-corrected chi connectivity index (χ4v) is 3.35. The highest BCUT2D eigenvalue weighted by Crippen LogP contribution is 2.07. The van der Waals surface area contributed by atoms with E-state index in [-0.39, 0.29) is 24.2 Å². The Bertz CT molecular complexity index is 447. The van der Waals surface area contributed by atoms with Gasteiger partial charge in [-0.15, -0.1) is 12.4 Å². The summed E-state index contributed by atoms with van der Waals surface area (Å²) in [5, 5.41) is 3.18. The third-order valence-corrected chi connectivity index (χ3v) is 4.13. The minimum atomic E-state index is -3.26. The first-order chi connectivity index (χ1) is 8.16. The fraction of sp³-hybridized carbons (Fsp3) is 0.545. The molecule has 2 rings (SSSR count). The van der Waals surface area contributed by atoms with E-state index < -0.39 is 10.0 Å². The van der Waals surface area contributed by atoms with Gasteiger partial charge in [-0.25, -0.2) is 13.1 Å². The second kappa shape index (κ2) is 7.04. The molecule has 2 N–H and O–H groups in total. The predicted molar refractivity (Wildman–Crippen MR) is 73.1 cm³/mol. The number of pyridine rings is 1. The zero-order valence-electron chi connectivity index (χ0n) is 10.0. The predicted octanol–water partition coefficient (Wildman–Crippen LogP) is 0.675. The van der Waals surface area contributed by atoms with Crippen molar-refractivity contribution in [2.75, 3.05) is 13.1 Å². The summed E-state index contributed by atoms with van der Waals surface area (Å²) in [7, 11) is -3.26. The van der Waals surface area contributed by atoms with Gasteiger partial charge in [0.25, 0.3) is 0 Å². The van der Waals surface area contributed by atoms with E-state index in [1.807, 2.05) is 0 Å². The van der Waals surface area contributed by atoms with Crippen LogP contribution >= 0.6 is 12.4 Å². The molecule has 1 saturated heterocycles. The molecule has 2 heterocycles. The quantitative estimate of drug-likeness (QED) is 0.856. The summed E-state index contributed by atoms with van der Waals surface area (Å²) in [5.74, 6) is -0.00264. The second-order valence-electron chi connectivity index (χ2n) is 4.28. The maximum absolute atomic E-state index is 11.9. The Morgan fingerprint density at radius 3 is 2.94 bits per heavy atom. The van der Waals surface area contributed by atoms with Gasteiger partial charge in [-0.2, -0.15) is 0 Å². The van der Waals surface area contributed by atoms with Crippen LogP contribution in [-0.2, 0) is 15.8 Å². The van der Waals surface area contributed by atoms with E-state index in [1.165, 1.54) is 0 Å².